The van der Waals surface area contributed by atoms with E-state index >= 15 is 0 Å². The van der Waals surface area contributed by atoms with Crippen molar-refractivity contribution in [3.05, 3.63) is 66.6 Å². The molecule has 3 N–H and O–H groups in total. The number of allylic oxidation sites excluding steroid dienone is 2. The molecule has 1 aliphatic rings. The summed E-state index contributed by atoms with van der Waals surface area (Å²) < 4.78 is 0. The molecule has 5 rings (SSSR count). The lowest BCUT2D eigenvalue weighted by atomic mass is 10.0. The third-order valence-corrected chi connectivity index (χ3v) is 5.91. The second kappa shape index (κ2) is 7.71. The zero-order chi connectivity index (χ0) is 20.5. The number of rotatable bonds is 5. The van der Waals surface area contributed by atoms with Gasteiger partial charge in [0.2, 0.25) is 0 Å². The van der Waals surface area contributed by atoms with Crippen LogP contribution in [0, 0.1) is 6.92 Å². The molecule has 0 amide bonds. The van der Waals surface area contributed by atoms with Gasteiger partial charge in [0, 0.05) is 47.2 Å². The molecule has 0 atom stereocenters. The summed E-state index contributed by atoms with van der Waals surface area (Å²) in [5.41, 5.74) is 8.75. The van der Waals surface area contributed by atoms with E-state index < -0.39 is 0 Å². The van der Waals surface area contributed by atoms with Crippen LogP contribution in [0.15, 0.2) is 55.4 Å². The molecule has 0 bridgehead atoms. The van der Waals surface area contributed by atoms with E-state index in [4.69, 9.17) is 0 Å². The second-order valence-corrected chi connectivity index (χ2v) is 7.88. The van der Waals surface area contributed by atoms with E-state index in [2.05, 4.69) is 74.1 Å². The predicted molar refractivity (Wildman–Crippen MR) is 122 cm³/mol. The highest BCUT2D eigenvalue weighted by atomic mass is 15.1. The largest absolute Gasteiger partial charge is 0.371 e. The normalized spacial score (nSPS) is 15.1. The van der Waals surface area contributed by atoms with Crippen molar-refractivity contribution in [2.45, 2.75) is 26.2 Å². The van der Waals surface area contributed by atoms with Gasteiger partial charge in [-0.25, -0.2) is 0 Å². The van der Waals surface area contributed by atoms with Gasteiger partial charge in [-0.3, -0.25) is 10.2 Å². The maximum atomic E-state index is 4.63. The number of aromatic nitrogens is 5. The fourth-order valence-electron chi connectivity index (χ4n) is 4.37. The van der Waals surface area contributed by atoms with Crippen LogP contribution in [0.1, 0.15) is 30.5 Å². The van der Waals surface area contributed by atoms with Crippen molar-refractivity contribution in [2.75, 3.05) is 13.1 Å². The Hall–Kier alpha value is -3.54. The molecule has 0 saturated carbocycles. The molecule has 0 aliphatic carbocycles. The zero-order valence-electron chi connectivity index (χ0n) is 17.2. The minimum atomic E-state index is 0.932. The lowest BCUT2D eigenvalue weighted by Gasteiger charge is -2.31. The van der Waals surface area contributed by atoms with Gasteiger partial charge in [0.15, 0.2) is 0 Å². The van der Waals surface area contributed by atoms with E-state index in [1.807, 2.05) is 18.5 Å². The first-order valence-electron chi connectivity index (χ1n) is 10.5. The Morgan fingerprint density at radius 2 is 2.00 bits per heavy atom. The summed E-state index contributed by atoms with van der Waals surface area (Å²) in [6.07, 6.45) is 11.6. The quantitative estimate of drug-likeness (QED) is 0.401. The van der Waals surface area contributed by atoms with Crippen molar-refractivity contribution in [3.63, 3.8) is 0 Å². The number of aromatic amines is 3. The van der Waals surface area contributed by atoms with Crippen LogP contribution in [0.25, 0.3) is 39.1 Å². The number of nitrogens with one attached hydrogen (secondary N) is 3. The van der Waals surface area contributed by atoms with Crippen LogP contribution in [0.5, 0.6) is 0 Å². The van der Waals surface area contributed by atoms with Crippen LogP contribution in [-0.2, 0) is 0 Å². The summed E-state index contributed by atoms with van der Waals surface area (Å²) >= 11 is 0. The molecule has 3 aromatic heterocycles. The number of nitrogens with zero attached hydrogens (tertiary/aromatic N) is 3. The minimum absolute atomic E-state index is 0.932. The van der Waals surface area contributed by atoms with E-state index in [1.165, 1.54) is 30.5 Å². The second-order valence-electron chi connectivity index (χ2n) is 7.88. The SMILES string of the molecule is C=C/C=C(\c1cc(-c2n[nH]c3ccc(-c4cn[nH]c4)cc23)[nH]c1C)N1CCCCC1. The Morgan fingerprint density at radius 3 is 2.77 bits per heavy atom. The molecule has 1 saturated heterocycles. The van der Waals surface area contributed by atoms with Gasteiger partial charge in [-0.2, -0.15) is 10.2 Å². The maximum absolute atomic E-state index is 4.63. The monoisotopic (exact) mass is 398 g/mol. The summed E-state index contributed by atoms with van der Waals surface area (Å²) in [5.74, 6) is 0. The van der Waals surface area contributed by atoms with Crippen molar-refractivity contribution in [1.29, 1.82) is 0 Å². The number of H-pyrrole nitrogens is 3. The minimum Gasteiger partial charge on any atom is -0.371 e. The molecular weight excluding hydrogens is 372 g/mol. The summed E-state index contributed by atoms with van der Waals surface area (Å²) in [5, 5.41) is 15.8. The predicted octanol–water partition coefficient (Wildman–Crippen LogP) is 5.27. The maximum Gasteiger partial charge on any atom is 0.116 e. The Kier molecular flexibility index (Phi) is 4.75. The molecule has 6 nitrogen and oxygen atoms in total. The van der Waals surface area contributed by atoms with Crippen molar-refractivity contribution >= 4 is 16.6 Å². The van der Waals surface area contributed by atoms with Crippen molar-refractivity contribution in [3.8, 4) is 22.5 Å². The summed E-state index contributed by atoms with van der Waals surface area (Å²) in [4.78, 5) is 6.05. The molecule has 1 aromatic carbocycles. The van der Waals surface area contributed by atoms with Crippen LogP contribution in [0.3, 0.4) is 0 Å². The van der Waals surface area contributed by atoms with E-state index in [9.17, 15) is 0 Å². The highest BCUT2D eigenvalue weighted by molar-refractivity contribution is 5.95. The molecule has 1 aliphatic heterocycles. The summed E-state index contributed by atoms with van der Waals surface area (Å²) in [6, 6.07) is 8.54. The first kappa shape index (κ1) is 18.5. The average molecular weight is 399 g/mol. The number of likely N-dealkylation sites (tertiary alicyclic amines) is 1. The highest BCUT2D eigenvalue weighted by Gasteiger charge is 2.20. The molecule has 30 heavy (non-hydrogen) atoms. The molecular formula is C24H26N6. The van der Waals surface area contributed by atoms with Crippen LogP contribution < -0.4 is 0 Å². The number of fused-ring (bicyclic) bond motifs is 1. The Bertz CT molecular complexity index is 1200. The van der Waals surface area contributed by atoms with Gasteiger partial charge in [-0.1, -0.05) is 18.7 Å². The average Bonchev–Trinajstić information content (AvgIpc) is 3.52. The lowest BCUT2D eigenvalue weighted by Crippen LogP contribution is -2.28. The van der Waals surface area contributed by atoms with E-state index in [-0.39, 0.29) is 0 Å². The molecule has 6 heteroatoms. The van der Waals surface area contributed by atoms with Crippen LogP contribution in [0.2, 0.25) is 0 Å². The fraction of sp³-hybridized carbons (Fsp3) is 0.250. The number of hydrogen-bond donors (Lipinski definition) is 3. The van der Waals surface area contributed by atoms with Gasteiger partial charge in [0.05, 0.1) is 17.4 Å². The zero-order valence-corrected chi connectivity index (χ0v) is 17.2. The Balaban J connectivity index is 1.57. The number of hydrogen-bond acceptors (Lipinski definition) is 3. The van der Waals surface area contributed by atoms with Gasteiger partial charge < -0.3 is 9.88 Å². The van der Waals surface area contributed by atoms with Crippen molar-refractivity contribution < 1.29 is 0 Å². The molecule has 152 valence electrons. The summed E-state index contributed by atoms with van der Waals surface area (Å²) in [7, 11) is 0. The van der Waals surface area contributed by atoms with Crippen LogP contribution >= 0.6 is 0 Å². The fourth-order valence-corrected chi connectivity index (χ4v) is 4.37. The molecule has 0 spiro atoms. The highest BCUT2D eigenvalue weighted by Crippen LogP contribution is 2.34. The molecule has 0 unspecified atom stereocenters. The van der Waals surface area contributed by atoms with Gasteiger partial charge in [0.1, 0.15) is 5.69 Å². The Morgan fingerprint density at radius 1 is 1.13 bits per heavy atom. The lowest BCUT2D eigenvalue weighted by molar-refractivity contribution is 0.326. The van der Waals surface area contributed by atoms with Gasteiger partial charge >= 0.3 is 0 Å². The van der Waals surface area contributed by atoms with Crippen LogP contribution in [0.4, 0.5) is 0 Å². The van der Waals surface area contributed by atoms with Crippen molar-refractivity contribution in [2.24, 2.45) is 0 Å². The van der Waals surface area contributed by atoms with Gasteiger partial charge in [-0.05, 0) is 56.0 Å². The molecule has 1 fully saturated rings. The molecule has 4 aromatic rings. The van der Waals surface area contributed by atoms with Crippen molar-refractivity contribution in [1.82, 2.24) is 30.3 Å². The van der Waals surface area contributed by atoms with Gasteiger partial charge in [0.25, 0.3) is 0 Å². The molecule has 4 heterocycles. The Labute approximate surface area is 175 Å². The topological polar surface area (TPSA) is 76.4 Å². The van der Waals surface area contributed by atoms with E-state index in [0.717, 1.165) is 52.2 Å². The van der Waals surface area contributed by atoms with Gasteiger partial charge in [-0.15, -0.1) is 0 Å². The summed E-state index contributed by atoms with van der Waals surface area (Å²) in [6.45, 7) is 8.27. The van der Waals surface area contributed by atoms with E-state index in [1.54, 1.807) is 0 Å². The standard InChI is InChI=1S/C24H26N6/c1-3-7-23(30-10-5-4-6-11-30)19-13-22(27-16(19)2)24-20-12-17(18-14-25-26-15-18)8-9-21(20)28-29-24/h3,7-9,12-15,27H,1,4-6,10-11H2,2H3,(H,25,26)(H,28,29)/b23-7+. The number of aryl methyl sites for hydroxylation is 1. The third-order valence-electron chi connectivity index (χ3n) is 5.91. The first-order chi connectivity index (χ1) is 14.7. The van der Waals surface area contributed by atoms with Crippen LogP contribution in [-0.4, -0.2) is 43.4 Å². The first-order valence-corrected chi connectivity index (χ1v) is 10.5. The third kappa shape index (κ3) is 3.24. The number of benzene rings is 1. The molecule has 0 radical (unpaired) electrons. The number of piperidine rings is 1. The smallest absolute Gasteiger partial charge is 0.116 e. The van der Waals surface area contributed by atoms with E-state index in [0.29, 0.717) is 0 Å².